The highest BCUT2D eigenvalue weighted by Gasteiger charge is 2.12. The molecule has 0 aliphatic heterocycles. The van der Waals surface area contributed by atoms with E-state index >= 15 is 0 Å². The number of terminal acetylenes is 1. The molecule has 0 aliphatic rings. The highest BCUT2D eigenvalue weighted by atomic mass is 16.1. The van der Waals surface area contributed by atoms with E-state index < -0.39 is 0 Å². The molecule has 0 bridgehead atoms. The molecule has 0 amide bonds. The smallest absolute Gasteiger partial charge is 0.169 e. The molecule has 0 aromatic carbocycles. The van der Waals surface area contributed by atoms with Gasteiger partial charge in [-0.25, -0.2) is 0 Å². The van der Waals surface area contributed by atoms with Gasteiger partial charge in [0.2, 0.25) is 0 Å². The number of ketones is 1. The normalized spacial score (nSPS) is 9.54. The molecule has 0 aliphatic carbocycles. The van der Waals surface area contributed by atoms with Gasteiger partial charge < -0.3 is 5.73 Å². The van der Waals surface area contributed by atoms with E-state index in [1.165, 1.54) is 10.9 Å². The highest BCUT2D eigenvalue weighted by Crippen LogP contribution is 2.12. The summed E-state index contributed by atoms with van der Waals surface area (Å²) in [6, 6.07) is 0. The van der Waals surface area contributed by atoms with E-state index in [-0.39, 0.29) is 5.78 Å². The molecule has 0 unspecified atom stereocenters. The third-order valence-electron chi connectivity index (χ3n) is 1.78. The van der Waals surface area contributed by atoms with Crippen molar-refractivity contribution in [2.24, 2.45) is 7.05 Å². The number of aryl methyl sites for hydroxylation is 1. The molecular weight excluding hydrogens is 166 g/mol. The standard InChI is InChI=1S/C9H11N3O/c1-3-4-5-8(13)7-6-11-12(2)9(7)10/h1,6H,4-5,10H2,2H3. The van der Waals surface area contributed by atoms with Crippen LogP contribution in [0.15, 0.2) is 6.20 Å². The highest BCUT2D eigenvalue weighted by molar-refractivity contribution is 5.99. The van der Waals surface area contributed by atoms with Crippen molar-refractivity contribution in [3.05, 3.63) is 11.8 Å². The van der Waals surface area contributed by atoms with Crippen molar-refractivity contribution in [1.82, 2.24) is 9.78 Å². The van der Waals surface area contributed by atoms with E-state index in [1.54, 1.807) is 7.05 Å². The van der Waals surface area contributed by atoms with Crippen LogP contribution in [0.4, 0.5) is 5.82 Å². The molecule has 1 rings (SSSR count). The van der Waals surface area contributed by atoms with E-state index in [0.29, 0.717) is 24.2 Å². The van der Waals surface area contributed by atoms with Crippen LogP contribution in [0.2, 0.25) is 0 Å². The Hall–Kier alpha value is -1.76. The lowest BCUT2D eigenvalue weighted by Gasteiger charge is -1.97. The summed E-state index contributed by atoms with van der Waals surface area (Å²) in [5.74, 6) is 2.74. The number of aromatic nitrogens is 2. The van der Waals surface area contributed by atoms with E-state index in [9.17, 15) is 4.79 Å². The molecule has 0 spiro atoms. The lowest BCUT2D eigenvalue weighted by molar-refractivity contribution is 0.0985. The maximum absolute atomic E-state index is 11.4. The minimum Gasteiger partial charge on any atom is -0.383 e. The lowest BCUT2D eigenvalue weighted by Crippen LogP contribution is -2.04. The van der Waals surface area contributed by atoms with Gasteiger partial charge in [0.1, 0.15) is 5.82 Å². The topological polar surface area (TPSA) is 60.9 Å². The molecule has 0 atom stereocenters. The van der Waals surface area contributed by atoms with Gasteiger partial charge in [0.25, 0.3) is 0 Å². The third-order valence-corrected chi connectivity index (χ3v) is 1.78. The van der Waals surface area contributed by atoms with Crippen molar-refractivity contribution in [3.8, 4) is 12.3 Å². The van der Waals surface area contributed by atoms with E-state index in [1.807, 2.05) is 0 Å². The number of nitrogen functional groups attached to an aromatic ring is 1. The Kier molecular flexibility index (Phi) is 2.70. The first-order valence-electron chi connectivity index (χ1n) is 3.91. The van der Waals surface area contributed by atoms with Crippen molar-refractivity contribution in [2.45, 2.75) is 12.8 Å². The minimum atomic E-state index is -0.0523. The van der Waals surface area contributed by atoms with E-state index in [4.69, 9.17) is 12.2 Å². The maximum Gasteiger partial charge on any atom is 0.169 e. The second-order valence-corrected chi connectivity index (χ2v) is 2.69. The molecule has 4 nitrogen and oxygen atoms in total. The zero-order valence-electron chi connectivity index (χ0n) is 7.45. The zero-order chi connectivity index (χ0) is 9.84. The molecule has 1 aromatic heterocycles. The van der Waals surface area contributed by atoms with Crippen LogP contribution < -0.4 is 5.73 Å². The molecule has 0 saturated heterocycles. The van der Waals surface area contributed by atoms with E-state index in [0.717, 1.165) is 0 Å². The summed E-state index contributed by atoms with van der Waals surface area (Å²) in [6.45, 7) is 0. The summed E-state index contributed by atoms with van der Waals surface area (Å²) in [5, 5.41) is 3.86. The van der Waals surface area contributed by atoms with Gasteiger partial charge in [-0.15, -0.1) is 12.3 Å². The van der Waals surface area contributed by atoms with Gasteiger partial charge >= 0.3 is 0 Å². The van der Waals surface area contributed by atoms with Crippen LogP contribution in [-0.4, -0.2) is 15.6 Å². The summed E-state index contributed by atoms with van der Waals surface area (Å²) < 4.78 is 1.46. The monoisotopic (exact) mass is 177 g/mol. The molecule has 1 heterocycles. The largest absolute Gasteiger partial charge is 0.383 e. The van der Waals surface area contributed by atoms with Gasteiger partial charge in [0.05, 0.1) is 11.8 Å². The van der Waals surface area contributed by atoms with Crippen LogP contribution in [0, 0.1) is 12.3 Å². The number of hydrogen-bond donors (Lipinski definition) is 1. The first kappa shape index (κ1) is 9.33. The molecule has 4 heteroatoms. The predicted molar refractivity (Wildman–Crippen MR) is 50.0 cm³/mol. The van der Waals surface area contributed by atoms with E-state index in [2.05, 4.69) is 11.0 Å². The number of hydrogen-bond acceptors (Lipinski definition) is 3. The van der Waals surface area contributed by atoms with Crippen LogP contribution in [0.1, 0.15) is 23.2 Å². The summed E-state index contributed by atoms with van der Waals surface area (Å²) >= 11 is 0. The van der Waals surface area contributed by atoms with Gasteiger partial charge in [0.15, 0.2) is 5.78 Å². The molecule has 13 heavy (non-hydrogen) atoms. The number of Topliss-reactive ketones (excluding diaryl/α,β-unsaturated/α-hetero) is 1. The number of carbonyl (C=O) groups excluding carboxylic acids is 1. The quantitative estimate of drug-likeness (QED) is 0.543. The summed E-state index contributed by atoms with van der Waals surface area (Å²) in [4.78, 5) is 11.4. The molecule has 1 aromatic rings. The average molecular weight is 177 g/mol. The summed E-state index contributed by atoms with van der Waals surface area (Å²) in [6.07, 6.45) is 7.27. The molecular formula is C9H11N3O. The van der Waals surface area contributed by atoms with Crippen molar-refractivity contribution >= 4 is 11.6 Å². The molecule has 0 fully saturated rings. The Labute approximate surface area is 76.7 Å². The Morgan fingerprint density at radius 1 is 1.85 bits per heavy atom. The van der Waals surface area contributed by atoms with Crippen LogP contribution >= 0.6 is 0 Å². The Bertz CT molecular complexity index is 359. The van der Waals surface area contributed by atoms with Crippen LogP contribution in [0.5, 0.6) is 0 Å². The van der Waals surface area contributed by atoms with Crippen molar-refractivity contribution in [3.63, 3.8) is 0 Å². The average Bonchev–Trinajstić information content (AvgIpc) is 2.44. The SMILES string of the molecule is C#CCCC(=O)c1cnn(C)c1N. The number of nitrogens with zero attached hydrogens (tertiary/aromatic N) is 2. The maximum atomic E-state index is 11.4. The lowest BCUT2D eigenvalue weighted by atomic mass is 10.1. The fourth-order valence-electron chi connectivity index (χ4n) is 0.982. The molecule has 0 saturated carbocycles. The second kappa shape index (κ2) is 3.76. The van der Waals surface area contributed by atoms with Gasteiger partial charge in [-0.05, 0) is 0 Å². The summed E-state index contributed by atoms with van der Waals surface area (Å²) in [7, 11) is 1.69. The number of nitrogens with two attached hydrogens (primary N) is 1. The van der Waals surface area contributed by atoms with Crippen molar-refractivity contribution in [1.29, 1.82) is 0 Å². The fourth-order valence-corrected chi connectivity index (χ4v) is 0.982. The van der Waals surface area contributed by atoms with Crippen LogP contribution in [0.25, 0.3) is 0 Å². The minimum absolute atomic E-state index is 0.0523. The Morgan fingerprint density at radius 2 is 2.54 bits per heavy atom. The molecule has 68 valence electrons. The zero-order valence-corrected chi connectivity index (χ0v) is 7.45. The first-order valence-corrected chi connectivity index (χ1v) is 3.91. The van der Waals surface area contributed by atoms with Gasteiger partial charge in [0, 0.05) is 19.9 Å². The third kappa shape index (κ3) is 1.88. The number of rotatable bonds is 3. The summed E-state index contributed by atoms with van der Waals surface area (Å²) in [5.41, 5.74) is 6.06. The number of anilines is 1. The first-order chi connectivity index (χ1) is 6.16. The van der Waals surface area contributed by atoms with Crippen LogP contribution in [-0.2, 0) is 7.05 Å². The van der Waals surface area contributed by atoms with Gasteiger partial charge in [-0.2, -0.15) is 5.10 Å². The fraction of sp³-hybridized carbons (Fsp3) is 0.333. The van der Waals surface area contributed by atoms with Gasteiger partial charge in [-0.3, -0.25) is 9.48 Å². The number of carbonyl (C=O) groups is 1. The van der Waals surface area contributed by atoms with Crippen molar-refractivity contribution in [2.75, 3.05) is 5.73 Å². The Morgan fingerprint density at radius 3 is 3.00 bits per heavy atom. The van der Waals surface area contributed by atoms with Crippen molar-refractivity contribution < 1.29 is 4.79 Å². The predicted octanol–water partition coefficient (Wildman–Crippen LogP) is 0.598. The second-order valence-electron chi connectivity index (χ2n) is 2.69. The van der Waals surface area contributed by atoms with Gasteiger partial charge in [-0.1, -0.05) is 0 Å². The molecule has 0 radical (unpaired) electrons. The Balaban J connectivity index is 2.78. The molecule has 2 N–H and O–H groups in total. The van der Waals surface area contributed by atoms with Crippen LogP contribution in [0.3, 0.4) is 0 Å².